The molecule has 1 saturated carbocycles. The molecule has 4 nitrogen and oxygen atoms in total. The molecule has 3 rings (SSSR count). The number of hydrogen-bond acceptors (Lipinski definition) is 4. The Labute approximate surface area is 132 Å². The molecule has 0 spiro atoms. The van der Waals surface area contributed by atoms with Gasteiger partial charge in [0.05, 0.1) is 0 Å². The summed E-state index contributed by atoms with van der Waals surface area (Å²) in [6.45, 7) is 6.16. The van der Waals surface area contributed by atoms with Gasteiger partial charge in [0.1, 0.15) is 17.5 Å². The van der Waals surface area contributed by atoms with E-state index in [4.69, 9.17) is 0 Å². The molecule has 0 atom stereocenters. The standard InChI is InChI=1S/C18H24N4/c1-12-8-9-16(13(2)10-12)22-18-11-17(19-14(3)20-18)21-15-6-4-5-7-15/h8-11,15H,4-7H2,1-3H3,(H2,19,20,21,22). The van der Waals surface area contributed by atoms with Gasteiger partial charge < -0.3 is 10.6 Å². The molecule has 0 bridgehead atoms. The first-order valence-corrected chi connectivity index (χ1v) is 8.06. The van der Waals surface area contributed by atoms with Gasteiger partial charge in [-0.1, -0.05) is 30.5 Å². The summed E-state index contributed by atoms with van der Waals surface area (Å²) in [4.78, 5) is 9.02. The van der Waals surface area contributed by atoms with Gasteiger partial charge in [-0.3, -0.25) is 0 Å². The van der Waals surface area contributed by atoms with E-state index in [2.05, 4.69) is 52.6 Å². The highest BCUT2D eigenvalue weighted by Gasteiger charge is 2.15. The Balaban J connectivity index is 1.79. The van der Waals surface area contributed by atoms with Crippen molar-refractivity contribution in [2.45, 2.75) is 52.5 Å². The van der Waals surface area contributed by atoms with Crippen LogP contribution in [0.25, 0.3) is 0 Å². The quantitative estimate of drug-likeness (QED) is 0.872. The minimum Gasteiger partial charge on any atom is -0.367 e. The van der Waals surface area contributed by atoms with Crippen molar-refractivity contribution in [1.29, 1.82) is 0 Å². The van der Waals surface area contributed by atoms with Crippen molar-refractivity contribution in [1.82, 2.24) is 9.97 Å². The molecule has 0 radical (unpaired) electrons. The van der Waals surface area contributed by atoms with E-state index in [9.17, 15) is 0 Å². The van der Waals surface area contributed by atoms with Crippen LogP contribution in [0, 0.1) is 20.8 Å². The van der Waals surface area contributed by atoms with Gasteiger partial charge >= 0.3 is 0 Å². The van der Waals surface area contributed by atoms with E-state index in [0.717, 1.165) is 23.1 Å². The minimum atomic E-state index is 0.559. The van der Waals surface area contributed by atoms with Gasteiger partial charge in [-0.2, -0.15) is 0 Å². The fraction of sp³-hybridized carbons (Fsp3) is 0.444. The van der Waals surface area contributed by atoms with Gasteiger partial charge in [0.15, 0.2) is 0 Å². The monoisotopic (exact) mass is 296 g/mol. The van der Waals surface area contributed by atoms with E-state index < -0.39 is 0 Å². The Bertz CT molecular complexity index is 660. The molecule has 1 aliphatic rings. The predicted molar refractivity (Wildman–Crippen MR) is 91.8 cm³/mol. The van der Waals surface area contributed by atoms with E-state index in [1.54, 1.807) is 0 Å². The molecule has 0 unspecified atom stereocenters. The number of hydrogen-bond donors (Lipinski definition) is 2. The summed E-state index contributed by atoms with van der Waals surface area (Å²) >= 11 is 0. The van der Waals surface area contributed by atoms with Crippen LogP contribution in [0.2, 0.25) is 0 Å². The SMILES string of the molecule is Cc1ccc(Nc2cc(NC3CCCC3)nc(C)n2)c(C)c1. The van der Waals surface area contributed by atoms with Crippen molar-refractivity contribution in [3.05, 3.63) is 41.2 Å². The van der Waals surface area contributed by atoms with E-state index in [1.165, 1.54) is 36.8 Å². The van der Waals surface area contributed by atoms with Crippen LogP contribution in [0.5, 0.6) is 0 Å². The summed E-state index contributed by atoms with van der Waals surface area (Å²) in [6, 6.07) is 8.95. The maximum absolute atomic E-state index is 4.51. The first-order chi connectivity index (χ1) is 10.6. The summed E-state index contributed by atoms with van der Waals surface area (Å²) in [5.74, 6) is 2.56. The highest BCUT2D eigenvalue weighted by atomic mass is 15.1. The smallest absolute Gasteiger partial charge is 0.136 e. The first-order valence-electron chi connectivity index (χ1n) is 8.06. The van der Waals surface area contributed by atoms with Gasteiger partial charge in [-0.15, -0.1) is 0 Å². The van der Waals surface area contributed by atoms with Gasteiger partial charge in [-0.05, 0) is 45.2 Å². The van der Waals surface area contributed by atoms with Gasteiger partial charge in [-0.25, -0.2) is 9.97 Å². The second-order valence-corrected chi connectivity index (χ2v) is 6.25. The zero-order valence-electron chi connectivity index (χ0n) is 13.6. The molecule has 4 heteroatoms. The highest BCUT2D eigenvalue weighted by Crippen LogP contribution is 2.24. The van der Waals surface area contributed by atoms with Crippen LogP contribution in [0.4, 0.5) is 17.3 Å². The molecule has 1 aromatic heterocycles. The highest BCUT2D eigenvalue weighted by molar-refractivity contribution is 5.63. The lowest BCUT2D eigenvalue weighted by Gasteiger charge is -2.15. The molecule has 116 valence electrons. The maximum Gasteiger partial charge on any atom is 0.136 e. The molecule has 1 heterocycles. The zero-order valence-corrected chi connectivity index (χ0v) is 13.6. The number of nitrogens with one attached hydrogen (secondary N) is 2. The largest absolute Gasteiger partial charge is 0.367 e. The third-order valence-electron chi connectivity index (χ3n) is 4.19. The van der Waals surface area contributed by atoms with Gasteiger partial charge in [0.2, 0.25) is 0 Å². The third kappa shape index (κ3) is 3.56. The number of nitrogens with zero attached hydrogens (tertiary/aromatic N) is 2. The summed E-state index contributed by atoms with van der Waals surface area (Å²) in [5, 5.41) is 6.95. The Kier molecular flexibility index (Phi) is 4.27. The summed E-state index contributed by atoms with van der Waals surface area (Å²) in [5.41, 5.74) is 3.59. The second kappa shape index (κ2) is 6.34. The summed E-state index contributed by atoms with van der Waals surface area (Å²) in [6.07, 6.45) is 5.11. The molecule has 2 aromatic rings. The van der Waals surface area contributed by atoms with Crippen molar-refractivity contribution in [2.24, 2.45) is 0 Å². The molecule has 0 aliphatic heterocycles. The van der Waals surface area contributed by atoms with E-state index >= 15 is 0 Å². The fourth-order valence-electron chi connectivity index (χ4n) is 3.08. The molecular formula is C18H24N4. The van der Waals surface area contributed by atoms with Crippen LogP contribution in [-0.4, -0.2) is 16.0 Å². The molecular weight excluding hydrogens is 272 g/mol. The number of benzene rings is 1. The predicted octanol–water partition coefficient (Wildman–Crippen LogP) is 4.50. The Morgan fingerprint density at radius 2 is 1.68 bits per heavy atom. The molecule has 1 fully saturated rings. The second-order valence-electron chi connectivity index (χ2n) is 6.25. The molecule has 2 N–H and O–H groups in total. The Morgan fingerprint density at radius 3 is 2.41 bits per heavy atom. The van der Waals surface area contributed by atoms with Crippen molar-refractivity contribution < 1.29 is 0 Å². The van der Waals surface area contributed by atoms with Crippen molar-refractivity contribution in [3.8, 4) is 0 Å². The Morgan fingerprint density at radius 1 is 0.955 bits per heavy atom. The van der Waals surface area contributed by atoms with Crippen LogP contribution in [0.15, 0.2) is 24.3 Å². The van der Waals surface area contributed by atoms with Crippen LogP contribution in [0.1, 0.15) is 42.6 Å². The lowest BCUT2D eigenvalue weighted by Crippen LogP contribution is -2.16. The fourth-order valence-corrected chi connectivity index (χ4v) is 3.08. The lowest BCUT2D eigenvalue weighted by molar-refractivity contribution is 0.748. The summed E-state index contributed by atoms with van der Waals surface area (Å²) < 4.78 is 0. The Hall–Kier alpha value is -2.10. The van der Waals surface area contributed by atoms with E-state index in [0.29, 0.717) is 6.04 Å². The van der Waals surface area contributed by atoms with Crippen molar-refractivity contribution >= 4 is 17.3 Å². The molecule has 1 aliphatic carbocycles. The molecule has 1 aromatic carbocycles. The maximum atomic E-state index is 4.51. The van der Waals surface area contributed by atoms with Crippen LogP contribution < -0.4 is 10.6 Å². The van der Waals surface area contributed by atoms with Gasteiger partial charge in [0.25, 0.3) is 0 Å². The summed E-state index contributed by atoms with van der Waals surface area (Å²) in [7, 11) is 0. The van der Waals surface area contributed by atoms with Crippen molar-refractivity contribution in [3.63, 3.8) is 0 Å². The van der Waals surface area contributed by atoms with Crippen molar-refractivity contribution in [2.75, 3.05) is 10.6 Å². The van der Waals surface area contributed by atoms with Gasteiger partial charge in [0, 0.05) is 17.8 Å². The molecule has 0 saturated heterocycles. The first kappa shape index (κ1) is 14.8. The zero-order chi connectivity index (χ0) is 15.5. The lowest BCUT2D eigenvalue weighted by atomic mass is 10.1. The number of aryl methyl sites for hydroxylation is 3. The van der Waals surface area contributed by atoms with Crippen LogP contribution >= 0.6 is 0 Å². The topological polar surface area (TPSA) is 49.8 Å². The van der Waals surface area contributed by atoms with Crippen LogP contribution in [-0.2, 0) is 0 Å². The third-order valence-corrected chi connectivity index (χ3v) is 4.19. The number of anilines is 3. The average molecular weight is 296 g/mol. The van der Waals surface area contributed by atoms with E-state index in [1.807, 2.05) is 13.0 Å². The normalized spacial score (nSPS) is 15.0. The minimum absolute atomic E-state index is 0.559. The number of aromatic nitrogens is 2. The molecule has 0 amide bonds. The average Bonchev–Trinajstić information content (AvgIpc) is 2.94. The van der Waals surface area contributed by atoms with E-state index in [-0.39, 0.29) is 0 Å². The molecule has 22 heavy (non-hydrogen) atoms. The van der Waals surface area contributed by atoms with Crippen LogP contribution in [0.3, 0.4) is 0 Å². The number of rotatable bonds is 4.